The highest BCUT2D eigenvalue weighted by molar-refractivity contribution is 7.89. The molecular formula is C12H14F2N2O2S. The van der Waals surface area contributed by atoms with Crippen molar-refractivity contribution in [3.63, 3.8) is 0 Å². The maximum absolute atomic E-state index is 13.7. The predicted molar refractivity (Wildman–Crippen MR) is 67.9 cm³/mol. The Kier molecular flexibility index (Phi) is 3.60. The van der Waals surface area contributed by atoms with Gasteiger partial charge >= 0.3 is 0 Å². The number of hydrogen-bond donors (Lipinski definition) is 1. The minimum absolute atomic E-state index is 0.0241. The van der Waals surface area contributed by atoms with Crippen LogP contribution in [0.3, 0.4) is 0 Å². The van der Waals surface area contributed by atoms with Gasteiger partial charge in [-0.25, -0.2) is 17.2 Å². The van der Waals surface area contributed by atoms with Crippen LogP contribution in [0.15, 0.2) is 29.7 Å². The second-order valence-corrected chi connectivity index (χ2v) is 6.24. The number of nitrogens with zero attached hydrogens (tertiary/aromatic N) is 1. The van der Waals surface area contributed by atoms with Crippen LogP contribution in [0, 0.1) is 11.6 Å². The van der Waals surface area contributed by atoms with Crippen LogP contribution < -0.4 is 5.73 Å². The first-order chi connectivity index (χ1) is 8.87. The third-order valence-corrected chi connectivity index (χ3v) is 4.82. The van der Waals surface area contributed by atoms with E-state index >= 15 is 0 Å². The van der Waals surface area contributed by atoms with Gasteiger partial charge in [0.15, 0.2) is 4.90 Å². The molecule has 1 aliphatic rings. The average molecular weight is 288 g/mol. The fourth-order valence-electron chi connectivity index (χ4n) is 1.88. The molecule has 0 aromatic heterocycles. The molecule has 1 aromatic carbocycles. The van der Waals surface area contributed by atoms with Gasteiger partial charge in [0.05, 0.1) is 0 Å². The Bertz CT molecular complexity index is 589. The molecule has 0 amide bonds. The Balaban J connectivity index is 2.52. The van der Waals surface area contributed by atoms with Crippen molar-refractivity contribution in [2.75, 3.05) is 12.3 Å². The van der Waals surface area contributed by atoms with E-state index < -0.39 is 26.6 Å². The Morgan fingerprint density at radius 3 is 2.32 bits per heavy atom. The van der Waals surface area contributed by atoms with Crippen molar-refractivity contribution < 1.29 is 17.2 Å². The standard InChI is InChI=1S/C12H14F2N2O2S/c1-2-5-16(9-3-4-9)19(17,18)12-10(13)6-8(15)7-11(12)14/h2,6-7,9H,1,3-5,15H2. The van der Waals surface area contributed by atoms with E-state index in [1.54, 1.807) is 0 Å². The lowest BCUT2D eigenvalue weighted by molar-refractivity contribution is 0.423. The predicted octanol–water partition coefficient (Wildman–Crippen LogP) is 1.89. The van der Waals surface area contributed by atoms with Gasteiger partial charge in [0.25, 0.3) is 0 Å². The Morgan fingerprint density at radius 2 is 1.89 bits per heavy atom. The molecule has 2 N–H and O–H groups in total. The molecular weight excluding hydrogens is 274 g/mol. The molecule has 0 atom stereocenters. The van der Waals surface area contributed by atoms with Gasteiger partial charge in [0, 0.05) is 18.3 Å². The zero-order chi connectivity index (χ0) is 14.2. The fraction of sp³-hybridized carbons (Fsp3) is 0.333. The molecule has 1 aliphatic carbocycles. The van der Waals surface area contributed by atoms with E-state index in [4.69, 9.17) is 5.73 Å². The molecule has 2 rings (SSSR count). The van der Waals surface area contributed by atoms with E-state index in [2.05, 4.69) is 6.58 Å². The number of anilines is 1. The third kappa shape index (κ3) is 2.62. The summed E-state index contributed by atoms with van der Waals surface area (Å²) in [5.41, 5.74) is 5.12. The summed E-state index contributed by atoms with van der Waals surface area (Å²) in [6.07, 6.45) is 2.76. The molecule has 0 bridgehead atoms. The van der Waals surface area contributed by atoms with E-state index in [0.717, 1.165) is 16.4 Å². The molecule has 1 saturated carbocycles. The highest BCUT2D eigenvalue weighted by Gasteiger charge is 2.40. The maximum Gasteiger partial charge on any atom is 0.249 e. The van der Waals surface area contributed by atoms with Gasteiger partial charge in [0.2, 0.25) is 10.0 Å². The summed E-state index contributed by atoms with van der Waals surface area (Å²) in [7, 11) is -4.22. The number of rotatable bonds is 5. The van der Waals surface area contributed by atoms with Crippen molar-refractivity contribution in [1.82, 2.24) is 4.31 Å². The molecule has 0 radical (unpaired) electrons. The van der Waals surface area contributed by atoms with E-state index in [0.29, 0.717) is 12.8 Å². The highest BCUT2D eigenvalue weighted by atomic mass is 32.2. The molecule has 0 heterocycles. The highest BCUT2D eigenvalue weighted by Crippen LogP contribution is 2.34. The van der Waals surface area contributed by atoms with Crippen molar-refractivity contribution in [1.29, 1.82) is 0 Å². The molecule has 104 valence electrons. The second kappa shape index (κ2) is 4.90. The van der Waals surface area contributed by atoms with Gasteiger partial charge in [-0.05, 0) is 25.0 Å². The first-order valence-electron chi connectivity index (χ1n) is 5.75. The first kappa shape index (κ1) is 14.0. The van der Waals surface area contributed by atoms with Crippen LogP contribution in [0.4, 0.5) is 14.5 Å². The van der Waals surface area contributed by atoms with Gasteiger partial charge in [-0.2, -0.15) is 4.31 Å². The van der Waals surface area contributed by atoms with E-state index in [1.165, 1.54) is 6.08 Å². The van der Waals surface area contributed by atoms with E-state index in [9.17, 15) is 17.2 Å². The van der Waals surface area contributed by atoms with Crippen molar-refractivity contribution in [3.8, 4) is 0 Å². The summed E-state index contributed by atoms with van der Waals surface area (Å²) < 4.78 is 53.2. The fourth-order valence-corrected chi connectivity index (χ4v) is 3.63. The van der Waals surface area contributed by atoms with Gasteiger partial charge in [0.1, 0.15) is 11.6 Å². The Hall–Kier alpha value is -1.47. The average Bonchev–Trinajstić information content (AvgIpc) is 3.07. The maximum atomic E-state index is 13.7. The van der Waals surface area contributed by atoms with Crippen LogP contribution in [-0.4, -0.2) is 25.3 Å². The molecule has 1 aromatic rings. The lowest BCUT2D eigenvalue weighted by Gasteiger charge is -2.21. The Morgan fingerprint density at radius 1 is 1.37 bits per heavy atom. The lowest BCUT2D eigenvalue weighted by Crippen LogP contribution is -2.34. The van der Waals surface area contributed by atoms with Crippen LogP contribution in [0.1, 0.15) is 12.8 Å². The summed E-state index contributed by atoms with van der Waals surface area (Å²) in [5.74, 6) is -2.35. The van der Waals surface area contributed by atoms with Crippen LogP contribution >= 0.6 is 0 Å². The van der Waals surface area contributed by atoms with Crippen LogP contribution in [-0.2, 0) is 10.0 Å². The summed E-state index contributed by atoms with van der Waals surface area (Å²) in [5, 5.41) is 0. The molecule has 0 aliphatic heterocycles. The van der Waals surface area contributed by atoms with Crippen molar-refractivity contribution >= 4 is 15.7 Å². The number of sulfonamides is 1. The molecule has 0 unspecified atom stereocenters. The topological polar surface area (TPSA) is 63.4 Å². The first-order valence-corrected chi connectivity index (χ1v) is 7.19. The zero-order valence-electron chi connectivity index (χ0n) is 10.1. The Labute approximate surface area is 110 Å². The molecule has 0 saturated heterocycles. The van der Waals surface area contributed by atoms with Gasteiger partial charge in [-0.1, -0.05) is 6.08 Å². The van der Waals surface area contributed by atoms with Crippen molar-refractivity contribution in [2.24, 2.45) is 0 Å². The molecule has 4 nitrogen and oxygen atoms in total. The molecule has 19 heavy (non-hydrogen) atoms. The van der Waals surface area contributed by atoms with Crippen molar-refractivity contribution in [3.05, 3.63) is 36.4 Å². The smallest absolute Gasteiger partial charge is 0.249 e. The zero-order valence-corrected chi connectivity index (χ0v) is 11.0. The van der Waals surface area contributed by atoms with Crippen LogP contribution in [0.5, 0.6) is 0 Å². The van der Waals surface area contributed by atoms with Gasteiger partial charge < -0.3 is 5.73 Å². The van der Waals surface area contributed by atoms with E-state index in [-0.39, 0.29) is 18.3 Å². The van der Waals surface area contributed by atoms with Crippen molar-refractivity contribution in [2.45, 2.75) is 23.8 Å². The largest absolute Gasteiger partial charge is 0.399 e. The van der Waals surface area contributed by atoms with Crippen LogP contribution in [0.25, 0.3) is 0 Å². The number of hydrogen-bond acceptors (Lipinski definition) is 3. The minimum atomic E-state index is -4.22. The molecule has 7 heteroatoms. The number of halogens is 2. The summed E-state index contributed by atoms with van der Waals surface area (Å²) >= 11 is 0. The van der Waals surface area contributed by atoms with Gasteiger partial charge in [-0.15, -0.1) is 6.58 Å². The van der Waals surface area contributed by atoms with E-state index in [1.807, 2.05) is 0 Å². The summed E-state index contributed by atoms with van der Waals surface area (Å²) in [4.78, 5) is -0.949. The molecule has 0 spiro atoms. The summed E-state index contributed by atoms with van der Waals surface area (Å²) in [6.45, 7) is 3.49. The van der Waals surface area contributed by atoms with Crippen LogP contribution in [0.2, 0.25) is 0 Å². The van der Waals surface area contributed by atoms with Gasteiger partial charge in [-0.3, -0.25) is 0 Å². The summed E-state index contributed by atoms with van der Waals surface area (Å²) in [6, 6.07) is 1.39. The SMILES string of the molecule is C=CCN(C1CC1)S(=O)(=O)c1c(F)cc(N)cc1F. The number of benzene rings is 1. The minimum Gasteiger partial charge on any atom is -0.399 e. The number of nitrogens with two attached hydrogens (primary N) is 1. The third-order valence-electron chi connectivity index (χ3n) is 2.85. The number of nitrogen functional groups attached to an aromatic ring is 1. The molecule has 1 fully saturated rings. The normalized spacial score (nSPS) is 15.7. The lowest BCUT2D eigenvalue weighted by atomic mass is 10.3. The second-order valence-electron chi connectivity index (χ2n) is 4.41. The monoisotopic (exact) mass is 288 g/mol. The quantitative estimate of drug-likeness (QED) is 0.664.